The molecule has 35 heavy (non-hydrogen) atoms. The van der Waals surface area contributed by atoms with Crippen LogP contribution < -0.4 is 0 Å². The van der Waals surface area contributed by atoms with Crippen molar-refractivity contribution in [2.75, 3.05) is 39.3 Å². The van der Waals surface area contributed by atoms with E-state index in [0.717, 1.165) is 75.2 Å². The second-order valence-corrected chi connectivity index (χ2v) is 9.08. The molecule has 1 aromatic carbocycles. The van der Waals surface area contributed by atoms with Gasteiger partial charge in [0.05, 0.1) is 18.2 Å². The molecule has 1 N–H and O–H groups in total. The van der Waals surface area contributed by atoms with Crippen molar-refractivity contribution in [3.8, 4) is 6.07 Å². The molecule has 1 saturated heterocycles. The number of carbonyl (C=O) groups excluding carboxylic acids is 1. The summed E-state index contributed by atoms with van der Waals surface area (Å²) in [7, 11) is 0. The van der Waals surface area contributed by atoms with Crippen molar-refractivity contribution in [3.63, 3.8) is 0 Å². The number of benzene rings is 1. The highest BCUT2D eigenvalue weighted by Crippen LogP contribution is 2.22. The molecule has 186 valence electrons. The fourth-order valence-corrected chi connectivity index (χ4v) is 4.50. The van der Waals surface area contributed by atoms with Crippen molar-refractivity contribution in [2.24, 2.45) is 0 Å². The van der Waals surface area contributed by atoms with E-state index in [4.69, 9.17) is 10.00 Å². The number of carbonyl (C=O) groups is 1. The van der Waals surface area contributed by atoms with Gasteiger partial charge < -0.3 is 14.6 Å². The molecule has 0 saturated carbocycles. The highest BCUT2D eigenvalue weighted by molar-refractivity contribution is 5.88. The monoisotopic (exact) mass is 474 g/mol. The number of ether oxygens (including phenoxy) is 1. The van der Waals surface area contributed by atoms with Crippen molar-refractivity contribution in [3.05, 3.63) is 71.1 Å². The van der Waals surface area contributed by atoms with Gasteiger partial charge in [-0.05, 0) is 87.6 Å². The highest BCUT2D eigenvalue weighted by atomic mass is 16.5. The van der Waals surface area contributed by atoms with Gasteiger partial charge in [-0.1, -0.05) is 13.5 Å². The van der Waals surface area contributed by atoms with Crippen molar-refractivity contribution in [1.82, 2.24) is 14.8 Å². The second-order valence-electron chi connectivity index (χ2n) is 9.08. The number of unbranched alkanes of at least 4 members (excludes halogenated alkanes) is 1. The van der Waals surface area contributed by atoms with Crippen LogP contribution in [0.2, 0.25) is 0 Å². The van der Waals surface area contributed by atoms with Gasteiger partial charge in [0.2, 0.25) is 0 Å². The molecule has 1 fully saturated rings. The van der Waals surface area contributed by atoms with Gasteiger partial charge in [-0.25, -0.2) is 4.79 Å². The zero-order valence-electron chi connectivity index (χ0n) is 21.4. The zero-order chi connectivity index (χ0) is 25.2. The van der Waals surface area contributed by atoms with Crippen LogP contribution in [0, 0.1) is 11.3 Å². The Balaban J connectivity index is 1.43. The summed E-state index contributed by atoms with van der Waals surface area (Å²) in [6, 6.07) is 8.06. The fourth-order valence-electron chi connectivity index (χ4n) is 4.50. The van der Waals surface area contributed by atoms with E-state index in [1.807, 2.05) is 31.2 Å². The Morgan fingerprint density at radius 2 is 1.97 bits per heavy atom. The quantitative estimate of drug-likeness (QED) is 0.206. The number of nitriles is 1. The first-order valence-corrected chi connectivity index (χ1v) is 12.7. The Morgan fingerprint density at radius 3 is 2.66 bits per heavy atom. The third kappa shape index (κ3) is 7.34. The van der Waals surface area contributed by atoms with Crippen LogP contribution in [0.25, 0.3) is 10.9 Å². The molecule has 1 aliphatic rings. The van der Waals surface area contributed by atoms with E-state index in [1.165, 1.54) is 10.9 Å². The minimum Gasteiger partial charge on any atom is -0.463 e. The van der Waals surface area contributed by atoms with E-state index in [0.29, 0.717) is 17.7 Å². The van der Waals surface area contributed by atoms with E-state index in [9.17, 15) is 4.79 Å². The van der Waals surface area contributed by atoms with E-state index in [2.05, 4.69) is 46.6 Å². The third-order valence-electron chi connectivity index (χ3n) is 6.61. The third-order valence-corrected chi connectivity index (χ3v) is 6.61. The van der Waals surface area contributed by atoms with Crippen LogP contribution in [0.5, 0.6) is 0 Å². The normalized spacial score (nSPS) is 15.3. The molecular weight excluding hydrogens is 436 g/mol. The van der Waals surface area contributed by atoms with Crippen molar-refractivity contribution >= 4 is 16.9 Å². The molecule has 0 bridgehead atoms. The summed E-state index contributed by atoms with van der Waals surface area (Å²) in [5, 5.41) is 10.3. The minimum atomic E-state index is -0.261. The molecule has 0 radical (unpaired) electrons. The van der Waals surface area contributed by atoms with Gasteiger partial charge in [-0.2, -0.15) is 5.26 Å². The standard InChI is InChI=1S/C29H38N4O2/c1-5-24(17-22(3)29(34)35-6-2)18-23(4)33-15-13-32(14-16-33)12-8-7-9-26-21-31-28-11-10-25(20-30)19-27(26)28/h10-11,17-19,21,31H,4-9,12-16H2,1-3H3. The van der Waals surface area contributed by atoms with Crippen LogP contribution in [-0.4, -0.2) is 60.1 Å². The molecule has 0 amide bonds. The van der Waals surface area contributed by atoms with Gasteiger partial charge in [0.15, 0.2) is 0 Å². The molecule has 6 nitrogen and oxygen atoms in total. The van der Waals surface area contributed by atoms with E-state index in [1.54, 1.807) is 6.92 Å². The summed E-state index contributed by atoms with van der Waals surface area (Å²) in [5.41, 5.74) is 5.82. The van der Waals surface area contributed by atoms with Crippen molar-refractivity contribution < 1.29 is 9.53 Å². The molecule has 2 aromatic rings. The van der Waals surface area contributed by atoms with E-state index < -0.39 is 0 Å². The van der Waals surface area contributed by atoms with Crippen LogP contribution in [0.15, 0.2) is 60.0 Å². The molecule has 0 spiro atoms. The number of nitrogens with one attached hydrogen (secondary N) is 1. The Morgan fingerprint density at radius 1 is 1.20 bits per heavy atom. The Hall–Kier alpha value is -3.30. The number of aromatic nitrogens is 1. The lowest BCUT2D eigenvalue weighted by Gasteiger charge is -2.36. The number of allylic oxidation sites excluding steroid dienone is 3. The first kappa shape index (κ1) is 26.3. The summed E-state index contributed by atoms with van der Waals surface area (Å²) in [6.07, 6.45) is 10.2. The predicted molar refractivity (Wildman–Crippen MR) is 142 cm³/mol. The van der Waals surface area contributed by atoms with Crippen LogP contribution in [0.1, 0.15) is 51.2 Å². The molecule has 6 heteroatoms. The molecule has 0 unspecified atom stereocenters. The number of H-pyrrole nitrogens is 1. The maximum Gasteiger partial charge on any atom is 0.333 e. The summed E-state index contributed by atoms with van der Waals surface area (Å²) < 4.78 is 5.09. The van der Waals surface area contributed by atoms with Crippen LogP contribution in [0.4, 0.5) is 0 Å². The molecule has 3 rings (SSSR count). The highest BCUT2D eigenvalue weighted by Gasteiger charge is 2.17. The summed E-state index contributed by atoms with van der Waals surface area (Å²) >= 11 is 0. The van der Waals surface area contributed by atoms with Gasteiger partial charge in [0, 0.05) is 54.5 Å². The van der Waals surface area contributed by atoms with E-state index in [-0.39, 0.29) is 5.97 Å². The number of aromatic amines is 1. The summed E-state index contributed by atoms with van der Waals surface area (Å²) in [6.45, 7) is 15.5. The largest absolute Gasteiger partial charge is 0.463 e. The molecule has 0 atom stereocenters. The average Bonchev–Trinajstić information content (AvgIpc) is 3.28. The number of fused-ring (bicyclic) bond motifs is 1. The van der Waals surface area contributed by atoms with Crippen LogP contribution >= 0.6 is 0 Å². The molecule has 1 aromatic heterocycles. The lowest BCUT2D eigenvalue weighted by atomic mass is 10.0. The molecule has 0 aliphatic carbocycles. The van der Waals surface area contributed by atoms with Gasteiger partial charge in [-0.3, -0.25) is 4.90 Å². The first-order chi connectivity index (χ1) is 16.9. The number of aryl methyl sites for hydroxylation is 1. The lowest BCUT2D eigenvalue weighted by molar-refractivity contribution is -0.138. The predicted octanol–water partition coefficient (Wildman–Crippen LogP) is 5.34. The molecule has 1 aliphatic heterocycles. The van der Waals surface area contributed by atoms with Crippen molar-refractivity contribution in [2.45, 2.75) is 46.5 Å². The first-order valence-electron chi connectivity index (χ1n) is 12.7. The maximum atomic E-state index is 11.9. The smallest absolute Gasteiger partial charge is 0.333 e. The molecular formula is C29H38N4O2. The SMILES string of the molecule is C=C(C=C(C=C(C)C(=O)OCC)CC)N1CCN(CCCCc2c[nH]c3ccc(C#N)cc23)CC1. The second kappa shape index (κ2) is 13.0. The van der Waals surface area contributed by atoms with Crippen molar-refractivity contribution in [1.29, 1.82) is 5.26 Å². The number of piperazine rings is 1. The number of esters is 1. The summed E-state index contributed by atoms with van der Waals surface area (Å²) in [4.78, 5) is 20.1. The van der Waals surface area contributed by atoms with Gasteiger partial charge in [0.25, 0.3) is 0 Å². The van der Waals surface area contributed by atoms with Crippen LogP contribution in [0.3, 0.4) is 0 Å². The van der Waals surface area contributed by atoms with Gasteiger partial charge in [-0.15, -0.1) is 0 Å². The van der Waals surface area contributed by atoms with Gasteiger partial charge in [0.1, 0.15) is 0 Å². The minimum absolute atomic E-state index is 0.261. The Labute approximate surface area is 209 Å². The number of rotatable bonds is 11. The van der Waals surface area contributed by atoms with Crippen LogP contribution in [-0.2, 0) is 16.0 Å². The zero-order valence-corrected chi connectivity index (χ0v) is 21.4. The average molecular weight is 475 g/mol. The Kier molecular flexibility index (Phi) is 9.75. The summed E-state index contributed by atoms with van der Waals surface area (Å²) in [5.74, 6) is -0.261. The molecule has 2 heterocycles. The topological polar surface area (TPSA) is 72.4 Å². The maximum absolute atomic E-state index is 11.9. The fraction of sp³-hybridized carbons (Fsp3) is 0.448. The number of hydrogen-bond acceptors (Lipinski definition) is 5. The van der Waals surface area contributed by atoms with E-state index >= 15 is 0 Å². The number of nitrogens with zero attached hydrogens (tertiary/aromatic N) is 3. The van der Waals surface area contributed by atoms with Gasteiger partial charge >= 0.3 is 5.97 Å². The Bertz CT molecular complexity index is 1130. The lowest BCUT2D eigenvalue weighted by Crippen LogP contribution is -2.45. The number of hydrogen-bond donors (Lipinski definition) is 1.